The molecule has 0 unspecified atom stereocenters. The van der Waals surface area contributed by atoms with Crippen molar-refractivity contribution in [3.63, 3.8) is 0 Å². The van der Waals surface area contributed by atoms with Crippen molar-refractivity contribution >= 4 is 49.5 Å². The van der Waals surface area contributed by atoms with Gasteiger partial charge in [-0.05, 0) is 29.0 Å². The molecule has 0 radical (unpaired) electrons. The van der Waals surface area contributed by atoms with Gasteiger partial charge in [-0.3, -0.25) is 4.57 Å². The number of carbonyl (C=O) groups excluding carboxylic acids is 1. The number of ether oxygens (including phenoxy) is 1. The van der Waals surface area contributed by atoms with Crippen LogP contribution in [0.5, 0.6) is 0 Å². The van der Waals surface area contributed by atoms with E-state index in [1.165, 1.54) is 7.11 Å². The molecule has 0 spiro atoms. The number of carbonyl (C=O) groups is 1. The van der Waals surface area contributed by atoms with Crippen LogP contribution in [0.4, 0.5) is 0 Å². The number of nitrogens with zero attached hydrogens (tertiary/aromatic N) is 3. The highest BCUT2D eigenvalue weighted by Gasteiger charge is 2.23. The van der Waals surface area contributed by atoms with E-state index in [1.54, 1.807) is 0 Å². The minimum absolute atomic E-state index is 0.381. The standard InChI is InChI=1S/C38H25N3O2/c1-43-37(42)31-23-22-24-12-5-6-15-26(24)34(31)30-19-11-18-28-27-16-8-10-21-33(27)41(36(28)30)38-39-32-20-9-7-17-29(32)35(40-38)25-13-3-2-4-14-25/h2-23H,1H3. The number of methoxy groups -OCH3 is 1. The van der Waals surface area contributed by atoms with Gasteiger partial charge in [0.15, 0.2) is 0 Å². The maximum atomic E-state index is 13.2. The number of benzene rings is 6. The fourth-order valence-electron chi connectivity index (χ4n) is 6.25. The number of aromatic nitrogens is 3. The van der Waals surface area contributed by atoms with Crippen LogP contribution >= 0.6 is 0 Å². The zero-order valence-electron chi connectivity index (χ0n) is 23.4. The molecule has 5 heteroatoms. The molecular formula is C38H25N3O2. The van der Waals surface area contributed by atoms with Crippen molar-refractivity contribution in [3.05, 3.63) is 139 Å². The maximum absolute atomic E-state index is 13.2. The Balaban J connectivity index is 1.54. The van der Waals surface area contributed by atoms with E-state index in [9.17, 15) is 4.79 Å². The van der Waals surface area contributed by atoms with E-state index in [-0.39, 0.29) is 5.97 Å². The van der Waals surface area contributed by atoms with Gasteiger partial charge in [-0.25, -0.2) is 14.8 Å². The highest BCUT2D eigenvalue weighted by Crippen LogP contribution is 2.42. The molecular weight excluding hydrogens is 530 g/mol. The van der Waals surface area contributed by atoms with Crippen LogP contribution in [-0.4, -0.2) is 27.6 Å². The van der Waals surface area contributed by atoms with Gasteiger partial charge in [-0.15, -0.1) is 0 Å². The average Bonchev–Trinajstić information content (AvgIpc) is 3.42. The molecule has 5 nitrogen and oxygen atoms in total. The molecule has 0 saturated heterocycles. The Kier molecular flexibility index (Phi) is 5.76. The second kappa shape index (κ2) is 9.93. The molecule has 0 aliphatic rings. The Hall–Kier alpha value is -5.81. The summed E-state index contributed by atoms with van der Waals surface area (Å²) in [5.74, 6) is 0.185. The molecule has 0 bridgehead atoms. The summed E-state index contributed by atoms with van der Waals surface area (Å²) in [6.45, 7) is 0. The largest absolute Gasteiger partial charge is 0.465 e. The predicted octanol–water partition coefficient (Wildman–Crippen LogP) is 9.00. The van der Waals surface area contributed by atoms with E-state index in [1.807, 2.05) is 78.9 Å². The molecule has 0 aliphatic heterocycles. The van der Waals surface area contributed by atoms with Gasteiger partial charge >= 0.3 is 5.97 Å². The second-order valence-corrected chi connectivity index (χ2v) is 10.5. The monoisotopic (exact) mass is 555 g/mol. The molecule has 0 aliphatic carbocycles. The number of esters is 1. The SMILES string of the molecule is COC(=O)c1ccc2ccccc2c1-c1cccc2c3ccccc3n(-c3nc(-c4ccccc4)c4ccccc4n3)c12. The lowest BCUT2D eigenvalue weighted by Gasteiger charge is -2.16. The lowest BCUT2D eigenvalue weighted by Crippen LogP contribution is -2.06. The molecule has 204 valence electrons. The summed E-state index contributed by atoms with van der Waals surface area (Å²) >= 11 is 0. The summed E-state index contributed by atoms with van der Waals surface area (Å²) in [4.78, 5) is 23.6. The summed E-state index contributed by atoms with van der Waals surface area (Å²) < 4.78 is 7.42. The van der Waals surface area contributed by atoms with Crippen molar-refractivity contribution < 1.29 is 9.53 Å². The summed E-state index contributed by atoms with van der Waals surface area (Å²) in [6, 6.07) is 44.9. The van der Waals surface area contributed by atoms with Crippen LogP contribution in [0.1, 0.15) is 10.4 Å². The van der Waals surface area contributed by atoms with Crippen LogP contribution in [-0.2, 0) is 4.74 Å². The fourth-order valence-corrected chi connectivity index (χ4v) is 6.25. The third-order valence-electron chi connectivity index (χ3n) is 8.14. The van der Waals surface area contributed by atoms with Crippen LogP contribution in [0.3, 0.4) is 0 Å². The molecule has 0 atom stereocenters. The van der Waals surface area contributed by atoms with Gasteiger partial charge in [-0.2, -0.15) is 0 Å². The summed E-state index contributed by atoms with van der Waals surface area (Å²) in [6.07, 6.45) is 0. The second-order valence-electron chi connectivity index (χ2n) is 10.5. The van der Waals surface area contributed by atoms with Crippen molar-refractivity contribution in [1.82, 2.24) is 14.5 Å². The van der Waals surface area contributed by atoms with Crippen LogP contribution in [0, 0.1) is 0 Å². The van der Waals surface area contributed by atoms with Crippen molar-refractivity contribution in [2.45, 2.75) is 0 Å². The molecule has 0 saturated carbocycles. The molecule has 0 N–H and O–H groups in total. The number of para-hydroxylation sites is 3. The van der Waals surface area contributed by atoms with E-state index >= 15 is 0 Å². The first-order chi connectivity index (χ1) is 21.2. The lowest BCUT2D eigenvalue weighted by molar-refractivity contribution is 0.0602. The Morgan fingerprint density at radius 3 is 2.16 bits per heavy atom. The molecule has 43 heavy (non-hydrogen) atoms. The number of hydrogen-bond donors (Lipinski definition) is 0. The van der Waals surface area contributed by atoms with Crippen molar-refractivity contribution in [1.29, 1.82) is 0 Å². The molecule has 8 rings (SSSR count). The molecule has 2 heterocycles. The molecule has 8 aromatic rings. The maximum Gasteiger partial charge on any atom is 0.338 e. The molecule has 6 aromatic carbocycles. The Labute approximate surface area is 247 Å². The summed E-state index contributed by atoms with van der Waals surface area (Å²) in [5, 5.41) is 5.13. The number of fused-ring (bicyclic) bond motifs is 5. The van der Waals surface area contributed by atoms with E-state index in [0.29, 0.717) is 11.5 Å². The zero-order chi connectivity index (χ0) is 28.9. The Morgan fingerprint density at radius 1 is 0.628 bits per heavy atom. The van der Waals surface area contributed by atoms with Crippen molar-refractivity contribution in [3.8, 4) is 28.3 Å². The van der Waals surface area contributed by atoms with E-state index in [4.69, 9.17) is 14.7 Å². The van der Waals surface area contributed by atoms with Crippen molar-refractivity contribution in [2.24, 2.45) is 0 Å². The normalized spacial score (nSPS) is 11.5. The first-order valence-electron chi connectivity index (χ1n) is 14.2. The lowest BCUT2D eigenvalue weighted by atomic mass is 9.92. The van der Waals surface area contributed by atoms with Gasteiger partial charge in [0.2, 0.25) is 5.95 Å². The fraction of sp³-hybridized carbons (Fsp3) is 0.0263. The number of hydrogen-bond acceptors (Lipinski definition) is 4. The highest BCUT2D eigenvalue weighted by molar-refractivity contribution is 6.18. The minimum Gasteiger partial charge on any atom is -0.465 e. The topological polar surface area (TPSA) is 57.0 Å². The van der Waals surface area contributed by atoms with Gasteiger partial charge < -0.3 is 4.74 Å². The van der Waals surface area contributed by atoms with Crippen LogP contribution in [0.2, 0.25) is 0 Å². The van der Waals surface area contributed by atoms with Crippen LogP contribution in [0.25, 0.3) is 71.8 Å². The zero-order valence-corrected chi connectivity index (χ0v) is 23.4. The predicted molar refractivity (Wildman–Crippen MR) is 174 cm³/mol. The molecule has 2 aromatic heterocycles. The van der Waals surface area contributed by atoms with Crippen LogP contribution in [0.15, 0.2) is 133 Å². The first-order valence-corrected chi connectivity index (χ1v) is 14.2. The van der Waals surface area contributed by atoms with Crippen LogP contribution < -0.4 is 0 Å². The third-order valence-corrected chi connectivity index (χ3v) is 8.14. The van der Waals surface area contributed by atoms with E-state index < -0.39 is 0 Å². The van der Waals surface area contributed by atoms with Gasteiger partial charge in [0.25, 0.3) is 0 Å². The smallest absolute Gasteiger partial charge is 0.338 e. The summed E-state index contributed by atoms with van der Waals surface area (Å²) in [5.41, 5.74) is 6.90. The Bertz CT molecular complexity index is 2360. The van der Waals surface area contributed by atoms with Gasteiger partial charge in [0, 0.05) is 32.8 Å². The average molecular weight is 556 g/mol. The van der Waals surface area contributed by atoms with Gasteiger partial charge in [0.1, 0.15) is 0 Å². The number of rotatable bonds is 4. The van der Waals surface area contributed by atoms with Crippen molar-refractivity contribution in [2.75, 3.05) is 7.11 Å². The Morgan fingerprint density at radius 2 is 1.33 bits per heavy atom. The van der Waals surface area contributed by atoms with Gasteiger partial charge in [-0.1, -0.05) is 115 Å². The summed E-state index contributed by atoms with van der Waals surface area (Å²) in [7, 11) is 1.42. The van der Waals surface area contributed by atoms with E-state index in [2.05, 4.69) is 59.2 Å². The highest BCUT2D eigenvalue weighted by atomic mass is 16.5. The molecule has 0 fully saturated rings. The first kappa shape index (κ1) is 24.9. The molecule has 0 amide bonds. The minimum atomic E-state index is -0.381. The quantitative estimate of drug-likeness (QED) is 0.203. The van der Waals surface area contributed by atoms with Gasteiger partial charge in [0.05, 0.1) is 34.9 Å². The van der Waals surface area contributed by atoms with E-state index in [0.717, 1.165) is 65.9 Å². The third kappa shape index (κ3) is 3.90.